The van der Waals surface area contributed by atoms with Crippen molar-refractivity contribution in [3.8, 4) is 0 Å². The van der Waals surface area contributed by atoms with Crippen molar-refractivity contribution in [1.29, 1.82) is 0 Å². The van der Waals surface area contributed by atoms with Gasteiger partial charge < -0.3 is 15.4 Å². The molecule has 110 valence electrons. The molecule has 2 rings (SSSR count). The summed E-state index contributed by atoms with van der Waals surface area (Å²) in [4.78, 5) is 22.1. The molecule has 0 bridgehead atoms. The summed E-state index contributed by atoms with van der Waals surface area (Å²) in [5, 5.41) is 0. The number of carbonyl (C=O) groups is 1. The molecule has 0 spiro atoms. The topological polar surface area (TPSA) is 81.3 Å². The number of aryl methyl sites for hydroxylation is 1. The number of aromatic nitrogens is 2. The summed E-state index contributed by atoms with van der Waals surface area (Å²) in [6.45, 7) is 1.85. The first-order valence-corrected chi connectivity index (χ1v) is 6.93. The molecule has 0 atom stereocenters. The number of methoxy groups -OCH3 is 1. The van der Waals surface area contributed by atoms with E-state index in [1.54, 1.807) is 0 Å². The summed E-state index contributed by atoms with van der Waals surface area (Å²) < 4.78 is 4.69. The molecule has 1 heterocycles. The highest BCUT2D eigenvalue weighted by molar-refractivity contribution is 5.85. The normalized spacial score (nSPS) is 22.4. The molecule has 1 saturated carbocycles. The predicted octanol–water partition coefficient (Wildman–Crippen LogP) is 1.28. The van der Waals surface area contributed by atoms with Gasteiger partial charge in [0.2, 0.25) is 5.82 Å². The Bertz CT molecular complexity index is 484. The second-order valence-electron chi connectivity index (χ2n) is 5.36. The van der Waals surface area contributed by atoms with Crippen molar-refractivity contribution in [3.05, 3.63) is 17.6 Å². The zero-order valence-corrected chi connectivity index (χ0v) is 12.3. The van der Waals surface area contributed by atoms with E-state index in [1.807, 2.05) is 20.0 Å². The molecule has 0 aromatic carbocycles. The van der Waals surface area contributed by atoms with Gasteiger partial charge in [-0.1, -0.05) is 0 Å². The fourth-order valence-corrected chi connectivity index (χ4v) is 2.59. The highest BCUT2D eigenvalue weighted by Crippen LogP contribution is 2.25. The molecule has 1 aliphatic rings. The van der Waals surface area contributed by atoms with Gasteiger partial charge in [0.25, 0.3) is 0 Å². The largest absolute Gasteiger partial charge is 0.463 e. The molecule has 20 heavy (non-hydrogen) atoms. The fourth-order valence-electron chi connectivity index (χ4n) is 2.59. The Kier molecular flexibility index (Phi) is 4.54. The highest BCUT2D eigenvalue weighted by atomic mass is 16.5. The van der Waals surface area contributed by atoms with Crippen LogP contribution in [0.5, 0.6) is 0 Å². The van der Waals surface area contributed by atoms with Gasteiger partial charge in [-0.2, -0.15) is 0 Å². The van der Waals surface area contributed by atoms with E-state index in [4.69, 9.17) is 5.73 Å². The quantitative estimate of drug-likeness (QED) is 0.839. The minimum Gasteiger partial charge on any atom is -0.463 e. The molecule has 0 aliphatic heterocycles. The lowest BCUT2D eigenvalue weighted by Gasteiger charge is -2.34. The summed E-state index contributed by atoms with van der Waals surface area (Å²) in [7, 11) is 3.34. The van der Waals surface area contributed by atoms with E-state index in [0.29, 0.717) is 12.1 Å². The molecular weight excluding hydrogens is 256 g/mol. The predicted molar refractivity (Wildman–Crippen MR) is 76.7 cm³/mol. The van der Waals surface area contributed by atoms with Crippen LogP contribution in [0.2, 0.25) is 0 Å². The Morgan fingerprint density at radius 1 is 1.35 bits per heavy atom. The third kappa shape index (κ3) is 3.25. The van der Waals surface area contributed by atoms with Gasteiger partial charge in [0.05, 0.1) is 7.11 Å². The molecule has 0 unspecified atom stereocenters. The Balaban J connectivity index is 2.19. The third-order valence-electron chi connectivity index (χ3n) is 3.86. The van der Waals surface area contributed by atoms with Crippen LogP contribution < -0.4 is 10.6 Å². The van der Waals surface area contributed by atoms with E-state index in [0.717, 1.165) is 37.2 Å². The van der Waals surface area contributed by atoms with Crippen molar-refractivity contribution in [2.75, 3.05) is 19.1 Å². The van der Waals surface area contributed by atoms with Crippen molar-refractivity contribution in [2.45, 2.75) is 44.7 Å². The molecule has 1 aliphatic carbocycles. The monoisotopic (exact) mass is 278 g/mol. The van der Waals surface area contributed by atoms with E-state index in [-0.39, 0.29) is 5.82 Å². The standard InChI is InChI=1S/C14H22N4O2/c1-9-8-12(17-13(16-9)14(19)20-3)18(2)11-6-4-10(15)5-7-11/h8,10-11H,4-7,15H2,1-3H3. The summed E-state index contributed by atoms with van der Waals surface area (Å²) in [6, 6.07) is 2.62. The maximum absolute atomic E-state index is 11.6. The zero-order chi connectivity index (χ0) is 14.7. The average Bonchev–Trinajstić information content (AvgIpc) is 2.45. The number of nitrogens with zero attached hydrogens (tertiary/aromatic N) is 3. The van der Waals surface area contributed by atoms with E-state index >= 15 is 0 Å². The summed E-state index contributed by atoms with van der Waals surface area (Å²) in [5.41, 5.74) is 6.70. The number of hydrogen-bond donors (Lipinski definition) is 1. The Morgan fingerprint density at radius 3 is 2.60 bits per heavy atom. The van der Waals surface area contributed by atoms with Crippen molar-refractivity contribution in [1.82, 2.24) is 9.97 Å². The van der Waals surface area contributed by atoms with E-state index < -0.39 is 5.97 Å². The fraction of sp³-hybridized carbons (Fsp3) is 0.643. The molecule has 0 saturated heterocycles. The zero-order valence-electron chi connectivity index (χ0n) is 12.3. The minimum absolute atomic E-state index is 0.113. The van der Waals surface area contributed by atoms with Crippen molar-refractivity contribution >= 4 is 11.8 Å². The molecule has 0 amide bonds. The first kappa shape index (κ1) is 14.7. The molecule has 6 nitrogen and oxygen atoms in total. The van der Waals surface area contributed by atoms with Gasteiger partial charge in [-0.3, -0.25) is 0 Å². The highest BCUT2D eigenvalue weighted by Gasteiger charge is 2.24. The number of nitrogens with two attached hydrogens (primary N) is 1. The Hall–Kier alpha value is -1.69. The van der Waals surface area contributed by atoms with Crippen LogP contribution in [0.3, 0.4) is 0 Å². The van der Waals surface area contributed by atoms with E-state index in [9.17, 15) is 4.79 Å². The third-order valence-corrected chi connectivity index (χ3v) is 3.86. The van der Waals surface area contributed by atoms with E-state index in [2.05, 4.69) is 19.6 Å². The average molecular weight is 278 g/mol. The van der Waals surface area contributed by atoms with Crippen molar-refractivity contribution in [3.63, 3.8) is 0 Å². The maximum atomic E-state index is 11.6. The lowest BCUT2D eigenvalue weighted by Crippen LogP contribution is -2.39. The van der Waals surface area contributed by atoms with Crippen molar-refractivity contribution < 1.29 is 9.53 Å². The lowest BCUT2D eigenvalue weighted by atomic mass is 9.91. The first-order valence-electron chi connectivity index (χ1n) is 6.93. The van der Waals surface area contributed by atoms with Gasteiger partial charge in [-0.25, -0.2) is 14.8 Å². The van der Waals surface area contributed by atoms with Gasteiger partial charge in [0, 0.05) is 30.9 Å². The van der Waals surface area contributed by atoms with Crippen LogP contribution in [0.25, 0.3) is 0 Å². The summed E-state index contributed by atoms with van der Waals surface area (Å²) in [6.07, 6.45) is 4.16. The number of rotatable bonds is 3. The van der Waals surface area contributed by atoms with Crippen LogP contribution in [0.15, 0.2) is 6.07 Å². The SMILES string of the molecule is COC(=O)c1nc(C)cc(N(C)C2CCC(N)CC2)n1. The van der Waals surface area contributed by atoms with Crippen LogP contribution in [-0.2, 0) is 4.74 Å². The smallest absolute Gasteiger partial charge is 0.376 e. The molecule has 6 heteroatoms. The summed E-state index contributed by atoms with van der Waals surface area (Å²) >= 11 is 0. The van der Waals surface area contributed by atoms with Gasteiger partial charge in [-0.15, -0.1) is 0 Å². The van der Waals surface area contributed by atoms with Crippen LogP contribution in [0, 0.1) is 6.92 Å². The Labute approximate surface area is 119 Å². The van der Waals surface area contributed by atoms with Crippen LogP contribution >= 0.6 is 0 Å². The number of esters is 1. The van der Waals surface area contributed by atoms with Crippen LogP contribution in [-0.4, -0.2) is 42.2 Å². The molecule has 1 aromatic rings. The molecule has 0 radical (unpaired) electrons. The van der Waals surface area contributed by atoms with E-state index in [1.165, 1.54) is 7.11 Å². The minimum atomic E-state index is -0.506. The number of ether oxygens (including phenoxy) is 1. The molecule has 1 aromatic heterocycles. The molecule has 2 N–H and O–H groups in total. The van der Waals surface area contributed by atoms with Gasteiger partial charge in [0.1, 0.15) is 5.82 Å². The second kappa shape index (κ2) is 6.17. The summed E-state index contributed by atoms with van der Waals surface area (Å²) in [5.74, 6) is 0.370. The van der Waals surface area contributed by atoms with Gasteiger partial charge in [-0.05, 0) is 32.6 Å². The molecule has 1 fully saturated rings. The lowest BCUT2D eigenvalue weighted by molar-refractivity contribution is 0.0586. The van der Waals surface area contributed by atoms with Crippen LogP contribution in [0.1, 0.15) is 42.0 Å². The number of anilines is 1. The molecular formula is C14H22N4O2. The maximum Gasteiger partial charge on any atom is 0.376 e. The van der Waals surface area contributed by atoms with Crippen molar-refractivity contribution in [2.24, 2.45) is 5.73 Å². The van der Waals surface area contributed by atoms with Gasteiger partial charge >= 0.3 is 5.97 Å². The Morgan fingerprint density at radius 2 is 2.00 bits per heavy atom. The van der Waals surface area contributed by atoms with Gasteiger partial charge in [0.15, 0.2) is 0 Å². The van der Waals surface area contributed by atoms with Crippen LogP contribution in [0.4, 0.5) is 5.82 Å². The number of carbonyl (C=O) groups excluding carboxylic acids is 1. The first-order chi connectivity index (χ1) is 9.51. The number of hydrogen-bond acceptors (Lipinski definition) is 6. The second-order valence-corrected chi connectivity index (χ2v) is 5.36.